The summed E-state index contributed by atoms with van der Waals surface area (Å²) in [5.41, 5.74) is 4.90. The maximum absolute atomic E-state index is 14.6. The van der Waals surface area contributed by atoms with Gasteiger partial charge in [-0.2, -0.15) is 5.10 Å². The van der Waals surface area contributed by atoms with Crippen molar-refractivity contribution < 1.29 is 50.8 Å². The molecule has 0 bridgehead atoms. The third kappa shape index (κ3) is 16.3. The molecule has 8 rings (SSSR count). The molecule has 2 N–H and O–H groups in total. The number of sulfone groups is 1. The summed E-state index contributed by atoms with van der Waals surface area (Å²) < 4.78 is 75.3. The Morgan fingerprint density at radius 3 is 2.10 bits per heavy atom. The molecule has 3 atom stereocenters. The van der Waals surface area contributed by atoms with Gasteiger partial charge in [0.05, 0.1) is 86.7 Å². The first-order valence-electron chi connectivity index (χ1n) is 29.3. The number of fused-ring (bicyclic) bond motifs is 2. The van der Waals surface area contributed by atoms with Crippen LogP contribution in [0.5, 0.6) is 5.75 Å². The number of halogens is 1. The zero-order valence-corrected chi connectivity index (χ0v) is 52.1. The van der Waals surface area contributed by atoms with Gasteiger partial charge in [0.2, 0.25) is 5.91 Å². The van der Waals surface area contributed by atoms with E-state index >= 15 is 0 Å². The van der Waals surface area contributed by atoms with Crippen LogP contribution in [0.15, 0.2) is 59.9 Å². The van der Waals surface area contributed by atoms with Crippen LogP contribution >= 0.6 is 0 Å². The minimum absolute atomic E-state index is 0.00542. The van der Waals surface area contributed by atoms with E-state index in [-0.39, 0.29) is 71.8 Å². The Kier molecular flexibility index (Phi) is 21.1. The number of ether oxygens (including phenoxy) is 6. The van der Waals surface area contributed by atoms with Gasteiger partial charge in [-0.25, -0.2) is 27.6 Å². The van der Waals surface area contributed by atoms with Crippen molar-refractivity contribution in [3.8, 4) is 5.75 Å². The first-order valence-corrected chi connectivity index (χ1v) is 30.8. The van der Waals surface area contributed by atoms with Crippen LogP contribution in [-0.2, 0) is 50.2 Å². The number of H-pyrrole nitrogens is 1. The van der Waals surface area contributed by atoms with Crippen LogP contribution in [0.3, 0.4) is 0 Å². The van der Waals surface area contributed by atoms with Crippen LogP contribution in [0.25, 0.3) is 10.9 Å². The predicted molar refractivity (Wildman–Crippen MR) is 321 cm³/mol. The molecule has 0 radical (unpaired) electrons. The molecule has 2 amide bonds. The summed E-state index contributed by atoms with van der Waals surface area (Å²) in [6.07, 6.45) is 3.51. The molecule has 2 saturated heterocycles. The molecule has 3 aromatic heterocycles. The van der Waals surface area contributed by atoms with Gasteiger partial charge in [-0.3, -0.25) is 29.6 Å². The average molecular weight is 1190 g/mol. The van der Waals surface area contributed by atoms with Crippen LogP contribution in [0.2, 0.25) is 0 Å². The van der Waals surface area contributed by atoms with Crippen LogP contribution in [0.1, 0.15) is 97.3 Å². The smallest absolute Gasteiger partial charge is 0.410 e. The number of piperazine rings is 2. The van der Waals surface area contributed by atoms with Crippen molar-refractivity contribution in [2.75, 3.05) is 129 Å². The highest BCUT2D eigenvalue weighted by Crippen LogP contribution is 2.41. The van der Waals surface area contributed by atoms with Crippen LogP contribution < -0.4 is 15.0 Å². The number of nitrogens with one attached hydrogen (secondary N) is 2. The molecule has 3 unspecified atom stereocenters. The molecule has 0 spiro atoms. The molecule has 0 saturated carbocycles. The molecule has 5 aromatic rings. The molecule has 3 aliphatic heterocycles. The monoisotopic (exact) mass is 1190 g/mol. The molecule has 2 fully saturated rings. The highest BCUT2D eigenvalue weighted by molar-refractivity contribution is 7.92. The number of rotatable bonds is 25. The van der Waals surface area contributed by atoms with E-state index < -0.39 is 20.2 Å². The van der Waals surface area contributed by atoms with E-state index in [1.165, 1.54) is 18.5 Å². The first-order chi connectivity index (χ1) is 39.8. The number of hydrogen-bond donors (Lipinski definition) is 2. The molecule has 21 nitrogen and oxygen atoms in total. The number of aryl methyl sites for hydroxylation is 1. The second-order valence-electron chi connectivity index (χ2n) is 25.0. The highest BCUT2D eigenvalue weighted by Gasteiger charge is 2.43. The lowest BCUT2D eigenvalue weighted by molar-refractivity contribution is -0.121. The molecule has 3 aliphatic rings. The fraction of sp³-hybridized carbons (Fsp3) is 0.607. The van der Waals surface area contributed by atoms with E-state index in [1.54, 1.807) is 45.0 Å². The molecule has 0 aliphatic carbocycles. The number of benzene rings is 2. The second kappa shape index (κ2) is 27.6. The van der Waals surface area contributed by atoms with E-state index in [0.29, 0.717) is 101 Å². The Morgan fingerprint density at radius 2 is 1.46 bits per heavy atom. The number of nitrogens with zero attached hydrogens (tertiary/aromatic N) is 9. The quantitative estimate of drug-likeness (QED) is 0.0541. The molecule has 460 valence electrons. The zero-order valence-electron chi connectivity index (χ0n) is 51.3. The van der Waals surface area contributed by atoms with Gasteiger partial charge in [-0.1, -0.05) is 26.0 Å². The normalized spacial score (nSPS) is 19.0. The van der Waals surface area contributed by atoms with Crippen molar-refractivity contribution in [1.82, 2.24) is 44.7 Å². The van der Waals surface area contributed by atoms with Gasteiger partial charge in [0.25, 0.3) is 0 Å². The summed E-state index contributed by atoms with van der Waals surface area (Å²) in [5.74, 6) is 0.992. The summed E-state index contributed by atoms with van der Waals surface area (Å²) in [5, 5.41) is 11.0. The third-order valence-electron chi connectivity index (χ3n) is 15.7. The van der Waals surface area contributed by atoms with Crippen LogP contribution in [-0.4, -0.2) is 212 Å². The molecule has 23 heteroatoms. The number of pyridine rings is 1. The highest BCUT2D eigenvalue weighted by atomic mass is 32.2. The fourth-order valence-electron chi connectivity index (χ4n) is 10.8. The number of anilines is 3. The summed E-state index contributed by atoms with van der Waals surface area (Å²) in [4.78, 5) is 52.8. The van der Waals surface area contributed by atoms with Crippen molar-refractivity contribution in [1.29, 1.82) is 0 Å². The first kappa shape index (κ1) is 64.1. The number of aromatic nitrogens is 5. The van der Waals surface area contributed by atoms with Crippen molar-refractivity contribution in [2.45, 2.75) is 128 Å². The zero-order chi connectivity index (χ0) is 60.6. The average Bonchev–Trinajstić information content (AvgIpc) is 1.78. The van der Waals surface area contributed by atoms with E-state index in [4.69, 9.17) is 33.4 Å². The van der Waals surface area contributed by atoms with Crippen molar-refractivity contribution in [3.63, 3.8) is 0 Å². The fourth-order valence-corrected chi connectivity index (χ4v) is 12.1. The third-order valence-corrected chi connectivity index (χ3v) is 18.2. The van der Waals surface area contributed by atoms with Crippen molar-refractivity contribution in [2.24, 2.45) is 0 Å². The van der Waals surface area contributed by atoms with Gasteiger partial charge in [0, 0.05) is 99.1 Å². The summed E-state index contributed by atoms with van der Waals surface area (Å²) >= 11 is 0. The minimum atomic E-state index is -3.84. The summed E-state index contributed by atoms with van der Waals surface area (Å²) in [6.45, 7) is 31.8. The number of hydrogen-bond acceptors (Lipinski definition) is 18. The Bertz CT molecular complexity index is 3150. The maximum atomic E-state index is 14.6. The van der Waals surface area contributed by atoms with Gasteiger partial charge < -0.3 is 43.5 Å². The standard InChI is InChI=1S/C61H88FN11O10S/c1-41-34-69(19-20-78-21-22-79-23-24-80-25-26-81-27-28-82-52-32-50-49(31-53(52)84(76,77)60(8,9)10)57(65-40-64-50)66-56-43(3)44(4)67-68-56)17-18-70(41)36-48-37-72(58(75)83-59(5,6)7)42(2)35-71(48)38-54(74)73-39-61(11,12)55-51(73)30-46(33-63-55)29-45-13-15-47(62)16-14-45/h13-16,30-33,40-42,48H,17-29,34-39H2,1-12H3,(H2,64,65,66,67,68). The minimum Gasteiger partial charge on any atom is -0.490 e. The largest absolute Gasteiger partial charge is 0.490 e. The molecule has 6 heterocycles. The van der Waals surface area contributed by atoms with Gasteiger partial charge >= 0.3 is 6.09 Å². The van der Waals surface area contributed by atoms with Crippen molar-refractivity contribution in [3.05, 3.63) is 88.9 Å². The Labute approximate surface area is 495 Å². The number of aromatic amines is 1. The van der Waals surface area contributed by atoms with Gasteiger partial charge in [-0.15, -0.1) is 0 Å². The molecule has 2 aromatic carbocycles. The van der Waals surface area contributed by atoms with E-state index in [2.05, 4.69) is 67.0 Å². The van der Waals surface area contributed by atoms with Gasteiger partial charge in [0.15, 0.2) is 9.84 Å². The molecular formula is C61H88FN11O10S. The van der Waals surface area contributed by atoms with Crippen LogP contribution in [0.4, 0.5) is 26.5 Å². The lowest BCUT2D eigenvalue weighted by atomic mass is 9.91. The SMILES string of the molecule is Cc1n[nH]c(Nc2ncnc3cc(OCCOCCOCCOCCOCCN4CCN(CC5CN(C(=O)OC(C)(C)C)C(C)CN5CC(=O)N5CC(C)(C)c6ncc(Cc7ccc(F)cc7)cc65)C(C)C4)c(S(=O)(=O)C(C)(C)C)cc23)c1C. The number of carbonyl (C=O) groups excluding carboxylic acids is 2. The van der Waals surface area contributed by atoms with Crippen LogP contribution in [0, 0.1) is 19.7 Å². The lowest BCUT2D eigenvalue weighted by Gasteiger charge is -2.48. The van der Waals surface area contributed by atoms with Crippen molar-refractivity contribution >= 4 is 50.1 Å². The maximum Gasteiger partial charge on any atom is 0.410 e. The summed E-state index contributed by atoms with van der Waals surface area (Å²) in [7, 11) is -3.84. The lowest BCUT2D eigenvalue weighted by Crippen LogP contribution is -2.65. The summed E-state index contributed by atoms with van der Waals surface area (Å²) in [6, 6.07) is 11.7. The number of carbonyl (C=O) groups is 2. The Hall–Kier alpha value is -5.92. The van der Waals surface area contributed by atoms with E-state index in [1.807, 2.05) is 57.5 Å². The topological polar surface area (TPSA) is 219 Å². The molecule has 84 heavy (non-hydrogen) atoms. The van der Waals surface area contributed by atoms with E-state index in [0.717, 1.165) is 59.9 Å². The predicted octanol–water partition coefficient (Wildman–Crippen LogP) is 7.50. The second-order valence-corrected chi connectivity index (χ2v) is 27.6. The van der Waals surface area contributed by atoms with Gasteiger partial charge in [0.1, 0.15) is 46.6 Å². The Morgan fingerprint density at radius 1 is 0.798 bits per heavy atom. The van der Waals surface area contributed by atoms with Gasteiger partial charge in [-0.05, 0) is 111 Å². The number of amides is 2. The molecular weight excluding hydrogens is 1100 g/mol. The van der Waals surface area contributed by atoms with E-state index in [9.17, 15) is 22.4 Å². The Balaban J connectivity index is 0.732.